The maximum Gasteiger partial charge on any atom is 0.213 e. The summed E-state index contributed by atoms with van der Waals surface area (Å²) >= 11 is 0. The van der Waals surface area contributed by atoms with Gasteiger partial charge < -0.3 is 0 Å². The largest absolute Gasteiger partial charge is 0.215 e. The van der Waals surface area contributed by atoms with E-state index in [4.69, 9.17) is 0 Å². The summed E-state index contributed by atoms with van der Waals surface area (Å²) in [7, 11) is -6.30. The Hall–Kier alpha value is -0.180. The minimum absolute atomic E-state index is 0.397. The first-order valence-electron chi connectivity index (χ1n) is 7.56. The van der Waals surface area contributed by atoms with Gasteiger partial charge in [-0.25, -0.2) is 26.3 Å². The molecule has 128 valence electrons. The van der Waals surface area contributed by atoms with E-state index in [0.717, 1.165) is 32.1 Å². The third-order valence-electron chi connectivity index (χ3n) is 3.20. The first-order valence-corrected chi connectivity index (χ1v) is 10.7. The molecule has 0 radical (unpaired) electrons. The molecule has 0 atom stereocenters. The molecule has 0 saturated carbocycles. The van der Waals surface area contributed by atoms with E-state index in [2.05, 4.69) is 9.44 Å². The second-order valence-corrected chi connectivity index (χ2v) is 10.4. The molecule has 0 aliphatic rings. The van der Waals surface area contributed by atoms with Gasteiger partial charge in [-0.2, -0.15) is 0 Å². The lowest BCUT2D eigenvalue weighted by molar-refractivity contribution is 0.555. The minimum Gasteiger partial charge on any atom is -0.215 e. The second kappa shape index (κ2) is 9.76. The Morgan fingerprint density at radius 1 is 0.619 bits per heavy atom. The molecule has 0 saturated heterocycles. The van der Waals surface area contributed by atoms with Gasteiger partial charge in [0.2, 0.25) is 20.0 Å². The zero-order valence-corrected chi connectivity index (χ0v) is 15.2. The average molecular weight is 343 g/mol. The van der Waals surface area contributed by atoms with Gasteiger partial charge in [-0.1, -0.05) is 19.3 Å². The van der Waals surface area contributed by atoms with Crippen molar-refractivity contribution < 1.29 is 16.8 Å². The van der Waals surface area contributed by atoms with Gasteiger partial charge in [-0.3, -0.25) is 0 Å². The normalized spacial score (nSPS) is 13.2. The lowest BCUT2D eigenvalue weighted by Gasteiger charge is -2.10. The number of unbranched alkanes of at least 4 members (excludes halogenated alkanes) is 4. The Bertz CT molecular complexity index is 426. The van der Waals surface area contributed by atoms with Gasteiger partial charge >= 0.3 is 0 Å². The Morgan fingerprint density at radius 3 is 1.19 bits per heavy atom. The van der Waals surface area contributed by atoms with Gasteiger partial charge in [-0.05, 0) is 40.5 Å². The highest BCUT2D eigenvalue weighted by Gasteiger charge is 2.14. The summed E-state index contributed by atoms with van der Waals surface area (Å²) in [6.07, 6.45) is 4.48. The molecule has 0 aromatic heterocycles. The maximum absolute atomic E-state index is 11.5. The van der Waals surface area contributed by atoms with Crippen LogP contribution >= 0.6 is 0 Å². The summed E-state index contributed by atoms with van der Waals surface area (Å²) in [6, 6.07) is 0. The summed E-state index contributed by atoms with van der Waals surface area (Å²) in [5.41, 5.74) is 0. The topological polar surface area (TPSA) is 92.3 Å². The van der Waals surface area contributed by atoms with E-state index in [9.17, 15) is 16.8 Å². The molecule has 0 bridgehead atoms. The van der Waals surface area contributed by atoms with Gasteiger partial charge in [0, 0.05) is 13.1 Å². The Labute approximate surface area is 130 Å². The van der Waals surface area contributed by atoms with Crippen LogP contribution < -0.4 is 9.44 Å². The molecule has 0 spiro atoms. The summed E-state index contributed by atoms with van der Waals surface area (Å²) in [5.74, 6) is 0. The Kier molecular flexibility index (Phi) is 9.68. The molecular weight excluding hydrogens is 312 g/mol. The third kappa shape index (κ3) is 9.44. The zero-order valence-electron chi connectivity index (χ0n) is 13.6. The fourth-order valence-electron chi connectivity index (χ4n) is 1.54. The molecule has 2 N–H and O–H groups in total. The van der Waals surface area contributed by atoms with Crippen molar-refractivity contribution in [3.8, 4) is 0 Å². The first kappa shape index (κ1) is 20.8. The number of rotatable bonds is 12. The molecule has 0 amide bonds. The van der Waals surface area contributed by atoms with E-state index in [-0.39, 0.29) is 0 Å². The standard InChI is InChI=1S/C13H30N2O4S2/c1-12(2)20(16,17)14-10-8-6-5-7-9-11-15-21(18,19)13(3)4/h12-15H,5-11H2,1-4H3. The fraction of sp³-hybridized carbons (Fsp3) is 1.00. The predicted octanol–water partition coefficient (Wildman–Crippen LogP) is 1.59. The average Bonchev–Trinajstić information content (AvgIpc) is 2.36. The van der Waals surface area contributed by atoms with E-state index < -0.39 is 30.5 Å². The summed E-state index contributed by atoms with van der Waals surface area (Å²) < 4.78 is 51.1. The highest BCUT2D eigenvalue weighted by atomic mass is 32.2. The first-order chi connectivity index (χ1) is 9.59. The smallest absolute Gasteiger partial charge is 0.213 e. The fourth-order valence-corrected chi connectivity index (χ4v) is 3.07. The molecule has 0 fully saturated rings. The summed E-state index contributed by atoms with van der Waals surface area (Å²) in [5, 5.41) is -0.794. The number of nitrogens with one attached hydrogen (secondary N) is 2. The van der Waals surface area contributed by atoms with Crippen LogP contribution in [0.3, 0.4) is 0 Å². The van der Waals surface area contributed by atoms with Crippen LogP contribution in [0, 0.1) is 0 Å². The lowest BCUT2D eigenvalue weighted by atomic mass is 10.1. The van der Waals surface area contributed by atoms with Crippen molar-refractivity contribution in [3.63, 3.8) is 0 Å². The van der Waals surface area contributed by atoms with Crippen molar-refractivity contribution in [1.29, 1.82) is 0 Å². The van der Waals surface area contributed by atoms with Crippen LogP contribution in [-0.2, 0) is 20.0 Å². The Morgan fingerprint density at radius 2 is 0.905 bits per heavy atom. The second-order valence-electron chi connectivity index (χ2n) is 5.74. The van der Waals surface area contributed by atoms with Crippen molar-refractivity contribution >= 4 is 20.0 Å². The van der Waals surface area contributed by atoms with Crippen LogP contribution in [0.1, 0.15) is 59.8 Å². The molecule has 0 heterocycles. The van der Waals surface area contributed by atoms with E-state index >= 15 is 0 Å². The molecular formula is C13H30N2O4S2. The molecule has 0 aliphatic heterocycles. The van der Waals surface area contributed by atoms with Gasteiger partial charge in [0.05, 0.1) is 10.5 Å². The highest BCUT2D eigenvalue weighted by Crippen LogP contribution is 2.04. The van der Waals surface area contributed by atoms with Crippen molar-refractivity contribution in [2.75, 3.05) is 13.1 Å². The van der Waals surface area contributed by atoms with E-state index in [1.165, 1.54) is 0 Å². The van der Waals surface area contributed by atoms with Gasteiger partial charge in [-0.15, -0.1) is 0 Å². The summed E-state index contributed by atoms with van der Waals surface area (Å²) in [6.45, 7) is 7.56. The van der Waals surface area contributed by atoms with E-state index in [1.54, 1.807) is 27.7 Å². The molecule has 0 aliphatic carbocycles. The number of hydrogen-bond donors (Lipinski definition) is 2. The SMILES string of the molecule is CC(C)S(=O)(=O)NCCCCCCCNS(=O)(=O)C(C)C. The highest BCUT2D eigenvalue weighted by molar-refractivity contribution is 7.90. The summed E-state index contributed by atoms with van der Waals surface area (Å²) in [4.78, 5) is 0. The van der Waals surface area contributed by atoms with E-state index in [1.807, 2.05) is 0 Å². The van der Waals surface area contributed by atoms with Crippen LogP contribution in [0.4, 0.5) is 0 Å². The number of hydrogen-bond acceptors (Lipinski definition) is 4. The van der Waals surface area contributed by atoms with Crippen molar-refractivity contribution in [2.45, 2.75) is 70.3 Å². The molecule has 6 nitrogen and oxygen atoms in total. The quantitative estimate of drug-likeness (QED) is 0.527. The van der Waals surface area contributed by atoms with Crippen molar-refractivity contribution in [3.05, 3.63) is 0 Å². The third-order valence-corrected chi connectivity index (χ3v) is 6.90. The maximum atomic E-state index is 11.5. The Balaban J connectivity index is 3.55. The van der Waals surface area contributed by atoms with Crippen LogP contribution in [0.2, 0.25) is 0 Å². The number of sulfonamides is 2. The van der Waals surface area contributed by atoms with Crippen molar-refractivity contribution in [2.24, 2.45) is 0 Å². The van der Waals surface area contributed by atoms with Gasteiger partial charge in [0.25, 0.3) is 0 Å². The molecule has 0 aromatic carbocycles. The molecule has 0 unspecified atom stereocenters. The van der Waals surface area contributed by atoms with Crippen LogP contribution in [-0.4, -0.2) is 40.4 Å². The molecule has 8 heteroatoms. The van der Waals surface area contributed by atoms with Crippen LogP contribution in [0.15, 0.2) is 0 Å². The zero-order chi connectivity index (χ0) is 16.5. The van der Waals surface area contributed by atoms with E-state index in [0.29, 0.717) is 13.1 Å². The molecule has 0 rings (SSSR count). The van der Waals surface area contributed by atoms with Crippen molar-refractivity contribution in [1.82, 2.24) is 9.44 Å². The minimum atomic E-state index is -3.15. The lowest BCUT2D eigenvalue weighted by Crippen LogP contribution is -2.31. The molecule has 0 aromatic rings. The van der Waals surface area contributed by atoms with Gasteiger partial charge in [0.15, 0.2) is 0 Å². The predicted molar refractivity (Wildman–Crippen MR) is 87.2 cm³/mol. The van der Waals surface area contributed by atoms with Crippen LogP contribution in [0.5, 0.6) is 0 Å². The monoisotopic (exact) mass is 342 g/mol. The molecule has 21 heavy (non-hydrogen) atoms. The van der Waals surface area contributed by atoms with Gasteiger partial charge in [0.1, 0.15) is 0 Å². The van der Waals surface area contributed by atoms with Crippen LogP contribution in [0.25, 0.3) is 0 Å².